The molecule has 0 bridgehead atoms. The number of benzene rings is 6. The van der Waals surface area contributed by atoms with E-state index in [1.807, 2.05) is 60.7 Å². The molecule has 2 aliphatic heterocycles. The number of hydrogen-bond acceptors (Lipinski definition) is 5. The van der Waals surface area contributed by atoms with E-state index in [2.05, 4.69) is 131 Å². The summed E-state index contributed by atoms with van der Waals surface area (Å²) < 4.78 is 12.0. The molecule has 1 N–H and O–H groups in total. The Bertz CT molecular complexity index is 2130. The van der Waals surface area contributed by atoms with Gasteiger partial charge in [-0.05, 0) is 46.5 Å². The van der Waals surface area contributed by atoms with Crippen LogP contribution in [0.25, 0.3) is 21.9 Å². The van der Waals surface area contributed by atoms with Gasteiger partial charge in [-0.3, -0.25) is 9.80 Å². The Morgan fingerprint density at radius 1 is 0.455 bits per heavy atom. The Balaban J connectivity index is 0.000000153. The van der Waals surface area contributed by atoms with Gasteiger partial charge in [-0.2, -0.15) is 0 Å². The number of aliphatic hydroxyl groups is 1. The minimum Gasteiger partial charge on any atom is -0.459 e. The van der Waals surface area contributed by atoms with E-state index in [9.17, 15) is 5.11 Å². The van der Waals surface area contributed by atoms with Crippen molar-refractivity contribution in [3.63, 3.8) is 0 Å². The summed E-state index contributed by atoms with van der Waals surface area (Å²) in [4.78, 5) is 4.25. The zero-order chi connectivity index (χ0) is 36.5. The van der Waals surface area contributed by atoms with Gasteiger partial charge >= 0.3 is 0 Å². The van der Waals surface area contributed by atoms with E-state index in [1.54, 1.807) is 0 Å². The number of alkyl halides is 1. The summed E-state index contributed by atoms with van der Waals surface area (Å²) in [6.07, 6.45) is 0. The summed E-state index contributed by atoms with van der Waals surface area (Å²) in [6.45, 7) is 2.59. The summed E-state index contributed by atoms with van der Waals surface area (Å²) in [7, 11) is 0. The Morgan fingerprint density at radius 2 is 0.782 bits per heavy atom. The van der Waals surface area contributed by atoms with Gasteiger partial charge in [0.05, 0.1) is 12.1 Å². The molecule has 55 heavy (non-hydrogen) atoms. The molecule has 2 saturated heterocycles. The fourth-order valence-corrected chi connectivity index (χ4v) is 8.48. The molecule has 0 amide bonds. The summed E-state index contributed by atoms with van der Waals surface area (Å²) >= 11 is 6.98. The first-order chi connectivity index (χ1) is 26.5. The van der Waals surface area contributed by atoms with Crippen LogP contribution in [0, 0.1) is 0 Å². The minimum atomic E-state index is -0.944. The summed E-state index contributed by atoms with van der Waals surface area (Å²) in [5, 5.41) is 13.3. The van der Waals surface area contributed by atoms with Crippen LogP contribution in [0.15, 0.2) is 191 Å². The van der Waals surface area contributed by atoms with Crippen LogP contribution >= 0.6 is 11.6 Å². The van der Waals surface area contributed by atoms with Crippen molar-refractivity contribution in [1.82, 2.24) is 9.80 Å². The zero-order valence-electron chi connectivity index (χ0n) is 29.8. The molecule has 0 aliphatic carbocycles. The Kier molecular flexibility index (Phi) is 10.2. The third-order valence-corrected chi connectivity index (χ3v) is 11.2. The molecule has 0 radical (unpaired) electrons. The van der Waals surface area contributed by atoms with Gasteiger partial charge in [0.1, 0.15) is 33.2 Å². The lowest BCUT2D eigenvalue weighted by Crippen LogP contribution is -2.60. The lowest BCUT2D eigenvalue weighted by atomic mass is 9.85. The number of rotatable bonds is 8. The van der Waals surface area contributed by atoms with Gasteiger partial charge in [-0.1, -0.05) is 165 Å². The first kappa shape index (κ1) is 36.5. The Hall–Kier alpha value is -5.43. The molecule has 8 aromatic rings. The van der Waals surface area contributed by atoms with Crippen molar-refractivity contribution < 1.29 is 13.9 Å². The summed E-state index contributed by atoms with van der Waals surface area (Å²) in [6, 6.07) is 62.5. The second-order valence-corrected chi connectivity index (χ2v) is 15.3. The molecule has 5 nitrogen and oxygen atoms in total. The molecule has 0 saturated carbocycles. The number of para-hydroxylation sites is 2. The van der Waals surface area contributed by atoms with Crippen LogP contribution in [0.3, 0.4) is 0 Å². The lowest BCUT2D eigenvalue weighted by Gasteiger charge is -2.49. The maximum Gasteiger partial charge on any atom is 0.147 e. The van der Waals surface area contributed by atoms with Gasteiger partial charge in [0, 0.05) is 37.0 Å². The van der Waals surface area contributed by atoms with Crippen molar-refractivity contribution in [2.45, 2.75) is 30.0 Å². The average Bonchev–Trinajstić information content (AvgIpc) is 3.85. The molecular formula is C49H45ClN2O3. The molecule has 2 fully saturated rings. The second kappa shape index (κ2) is 15.4. The van der Waals surface area contributed by atoms with Crippen molar-refractivity contribution in [2.75, 3.05) is 26.2 Å². The first-order valence-corrected chi connectivity index (χ1v) is 18.9. The third kappa shape index (κ3) is 7.25. The monoisotopic (exact) mass is 744 g/mol. The number of hydrogen-bond donors (Lipinski definition) is 1. The fourth-order valence-electron chi connectivity index (χ4n) is 8.08. The molecule has 276 valence electrons. The smallest absolute Gasteiger partial charge is 0.147 e. The number of β-amino-alcohol motifs (C(OH)–C–C–N with tert-alkyl or cyclic N) is 1. The van der Waals surface area contributed by atoms with Gasteiger partial charge in [-0.25, -0.2) is 0 Å². The SMILES string of the molecule is C.ClC1(c2cc3ccccc3o2)CN(C(c2ccccc2)c2ccccc2)C1.OC1(c2cc3ccccc3o2)CN(C(c2ccccc2)c2ccccc2)C1. The predicted molar refractivity (Wildman–Crippen MR) is 223 cm³/mol. The molecule has 0 unspecified atom stereocenters. The van der Waals surface area contributed by atoms with Crippen LogP contribution < -0.4 is 0 Å². The fraction of sp³-hybridized carbons (Fsp3) is 0.184. The van der Waals surface area contributed by atoms with Gasteiger partial charge in [0.25, 0.3) is 0 Å². The molecule has 2 aromatic heterocycles. The van der Waals surface area contributed by atoms with Crippen LogP contribution in [0.1, 0.15) is 53.3 Å². The highest BCUT2D eigenvalue weighted by atomic mass is 35.5. The summed E-state index contributed by atoms with van der Waals surface area (Å²) in [5.41, 5.74) is 5.81. The molecule has 2 aliphatic rings. The van der Waals surface area contributed by atoms with E-state index in [0.717, 1.165) is 40.8 Å². The normalized spacial score (nSPS) is 16.2. The second-order valence-electron chi connectivity index (χ2n) is 14.6. The third-order valence-electron chi connectivity index (χ3n) is 10.8. The number of likely N-dealkylation sites (tertiary alicyclic amines) is 2. The van der Waals surface area contributed by atoms with E-state index in [1.165, 1.54) is 22.3 Å². The molecule has 0 atom stereocenters. The van der Waals surface area contributed by atoms with Crippen molar-refractivity contribution in [2.24, 2.45) is 0 Å². The van der Waals surface area contributed by atoms with E-state index < -0.39 is 10.5 Å². The zero-order valence-corrected chi connectivity index (χ0v) is 30.6. The highest BCUT2D eigenvalue weighted by Crippen LogP contribution is 2.46. The quantitative estimate of drug-likeness (QED) is 0.157. The number of furan rings is 2. The van der Waals surface area contributed by atoms with E-state index in [-0.39, 0.29) is 19.5 Å². The number of nitrogens with zero attached hydrogens (tertiary/aromatic N) is 2. The van der Waals surface area contributed by atoms with E-state index in [4.69, 9.17) is 20.4 Å². The van der Waals surface area contributed by atoms with Crippen LogP contribution in [-0.2, 0) is 10.5 Å². The highest BCUT2D eigenvalue weighted by Gasteiger charge is 2.49. The maximum atomic E-state index is 11.2. The van der Waals surface area contributed by atoms with E-state index >= 15 is 0 Å². The maximum absolute atomic E-state index is 11.2. The minimum absolute atomic E-state index is 0. The van der Waals surface area contributed by atoms with E-state index in [0.29, 0.717) is 18.8 Å². The van der Waals surface area contributed by atoms with Gasteiger partial charge < -0.3 is 13.9 Å². The van der Waals surface area contributed by atoms with Gasteiger partial charge in [0.15, 0.2) is 0 Å². The average molecular weight is 745 g/mol. The predicted octanol–water partition coefficient (Wildman–Crippen LogP) is 11.3. The van der Waals surface area contributed by atoms with Crippen LogP contribution in [0.2, 0.25) is 0 Å². The topological polar surface area (TPSA) is 53.0 Å². The van der Waals surface area contributed by atoms with Crippen LogP contribution in [-0.4, -0.2) is 41.1 Å². The first-order valence-electron chi connectivity index (χ1n) is 18.5. The lowest BCUT2D eigenvalue weighted by molar-refractivity contribution is -0.127. The Morgan fingerprint density at radius 3 is 1.18 bits per heavy atom. The van der Waals surface area contributed by atoms with Crippen molar-refractivity contribution >= 4 is 33.5 Å². The molecular weight excluding hydrogens is 700 g/mol. The van der Waals surface area contributed by atoms with Crippen molar-refractivity contribution in [3.05, 3.63) is 216 Å². The van der Waals surface area contributed by atoms with Crippen LogP contribution in [0.4, 0.5) is 0 Å². The summed E-state index contributed by atoms with van der Waals surface area (Å²) in [5.74, 6) is 1.52. The van der Waals surface area contributed by atoms with Gasteiger partial charge in [-0.15, -0.1) is 11.6 Å². The molecule has 0 spiro atoms. The number of fused-ring (bicyclic) bond motifs is 2. The van der Waals surface area contributed by atoms with Crippen LogP contribution in [0.5, 0.6) is 0 Å². The standard InChI is InChI=1S/C24H20ClNO.C24H21NO2.CH4/c25-24(22-15-20-13-7-8-14-21(20)27-22)16-26(17-24)23(18-9-3-1-4-10-18)19-11-5-2-6-12-19;26-24(22-15-20-13-7-8-14-21(20)27-22)16-25(17-24)23(18-9-3-1-4-10-18)19-11-5-2-6-12-19;/h1-15,23H,16-17H2;1-15,23,26H,16-17H2;1H4. The highest BCUT2D eigenvalue weighted by molar-refractivity contribution is 6.25. The van der Waals surface area contributed by atoms with Crippen molar-refractivity contribution in [1.29, 1.82) is 0 Å². The molecule has 10 rings (SSSR count). The van der Waals surface area contributed by atoms with Crippen molar-refractivity contribution in [3.8, 4) is 0 Å². The largest absolute Gasteiger partial charge is 0.459 e. The molecule has 4 heterocycles. The molecule has 6 heteroatoms. The molecule has 6 aromatic carbocycles. The van der Waals surface area contributed by atoms with Gasteiger partial charge in [0.2, 0.25) is 0 Å². The number of halogens is 1. The Labute approximate surface area is 328 Å².